The van der Waals surface area contributed by atoms with E-state index >= 15 is 0 Å². The van der Waals surface area contributed by atoms with Gasteiger partial charge in [-0.3, -0.25) is 4.79 Å². The Kier molecular flexibility index (Phi) is 4.90. The van der Waals surface area contributed by atoms with Gasteiger partial charge in [0.1, 0.15) is 6.33 Å². The summed E-state index contributed by atoms with van der Waals surface area (Å²) >= 11 is 6.15. The molecule has 0 aliphatic heterocycles. The monoisotopic (exact) mass is 377 g/mol. The molecule has 1 N–H and O–H groups in total. The summed E-state index contributed by atoms with van der Waals surface area (Å²) in [4.78, 5) is 20.5. The maximum atomic E-state index is 12.8. The summed E-state index contributed by atoms with van der Waals surface area (Å²) < 4.78 is 38.4. The number of benzene rings is 2. The molecule has 8 heteroatoms. The molecule has 1 amide bonds. The predicted octanol–water partition coefficient (Wildman–Crippen LogP) is 5.07. The summed E-state index contributed by atoms with van der Waals surface area (Å²) in [5.41, 5.74) is 0.0589. The van der Waals surface area contributed by atoms with Crippen LogP contribution in [0.1, 0.15) is 15.9 Å². The van der Waals surface area contributed by atoms with E-state index in [1.807, 2.05) is 0 Å². The van der Waals surface area contributed by atoms with E-state index in [1.54, 1.807) is 24.3 Å². The van der Waals surface area contributed by atoms with E-state index in [-0.39, 0.29) is 16.9 Å². The van der Waals surface area contributed by atoms with Crippen LogP contribution in [0.3, 0.4) is 0 Å². The topological polar surface area (TPSA) is 54.9 Å². The Bertz CT molecular complexity index is 960. The number of nitrogens with one attached hydrogen (secondary N) is 1. The van der Waals surface area contributed by atoms with Crippen molar-refractivity contribution in [2.75, 3.05) is 5.32 Å². The highest BCUT2D eigenvalue weighted by Crippen LogP contribution is 2.31. The summed E-state index contributed by atoms with van der Waals surface area (Å²) in [5, 5.41) is 2.83. The zero-order valence-electron chi connectivity index (χ0n) is 13.1. The van der Waals surface area contributed by atoms with Crippen molar-refractivity contribution in [3.05, 3.63) is 77.2 Å². The smallest absolute Gasteiger partial charge is 0.322 e. The van der Waals surface area contributed by atoms with Crippen molar-refractivity contribution in [1.82, 2.24) is 9.97 Å². The minimum atomic E-state index is -4.50. The molecule has 0 aliphatic rings. The summed E-state index contributed by atoms with van der Waals surface area (Å²) in [6, 6.07) is 11.2. The molecule has 0 aliphatic carbocycles. The highest BCUT2D eigenvalue weighted by Gasteiger charge is 2.30. The molecule has 0 radical (unpaired) electrons. The Balaban J connectivity index is 1.94. The summed E-state index contributed by atoms with van der Waals surface area (Å²) in [6.07, 6.45) is -1.95. The third-order valence-corrected chi connectivity index (χ3v) is 3.86. The van der Waals surface area contributed by atoms with E-state index in [0.717, 1.165) is 12.1 Å². The maximum Gasteiger partial charge on any atom is 0.416 e. The minimum Gasteiger partial charge on any atom is -0.322 e. The number of halogens is 4. The molecule has 0 spiro atoms. The fraction of sp³-hybridized carbons (Fsp3) is 0.0556. The van der Waals surface area contributed by atoms with E-state index in [0.29, 0.717) is 10.6 Å². The van der Waals surface area contributed by atoms with Crippen LogP contribution in [0.2, 0.25) is 5.02 Å². The second kappa shape index (κ2) is 7.13. The Morgan fingerprint density at radius 3 is 2.58 bits per heavy atom. The van der Waals surface area contributed by atoms with Gasteiger partial charge in [-0.1, -0.05) is 35.9 Å². The van der Waals surface area contributed by atoms with Gasteiger partial charge in [-0.25, -0.2) is 9.97 Å². The molecule has 4 nitrogen and oxygen atoms in total. The van der Waals surface area contributed by atoms with Crippen LogP contribution >= 0.6 is 11.6 Å². The molecule has 1 aromatic heterocycles. The molecule has 3 aromatic rings. The average Bonchev–Trinajstić information content (AvgIpc) is 2.62. The lowest BCUT2D eigenvalue weighted by Crippen LogP contribution is -2.15. The van der Waals surface area contributed by atoms with E-state index in [1.165, 1.54) is 24.7 Å². The van der Waals surface area contributed by atoms with Crippen LogP contribution in [0.4, 0.5) is 18.9 Å². The predicted molar refractivity (Wildman–Crippen MR) is 91.9 cm³/mol. The first-order valence-corrected chi connectivity index (χ1v) is 7.77. The lowest BCUT2D eigenvalue weighted by Gasteiger charge is -2.12. The third kappa shape index (κ3) is 3.83. The van der Waals surface area contributed by atoms with Gasteiger partial charge in [-0.05, 0) is 24.3 Å². The molecule has 0 atom stereocenters. The van der Waals surface area contributed by atoms with Gasteiger partial charge in [0.25, 0.3) is 5.91 Å². The lowest BCUT2D eigenvalue weighted by molar-refractivity contribution is -0.137. The van der Waals surface area contributed by atoms with Gasteiger partial charge in [0.2, 0.25) is 0 Å². The van der Waals surface area contributed by atoms with Crippen LogP contribution in [0, 0.1) is 0 Å². The molecule has 1 heterocycles. The summed E-state index contributed by atoms with van der Waals surface area (Å²) in [6.45, 7) is 0. The summed E-state index contributed by atoms with van der Waals surface area (Å²) in [7, 11) is 0. The van der Waals surface area contributed by atoms with E-state index in [9.17, 15) is 18.0 Å². The van der Waals surface area contributed by atoms with Gasteiger partial charge in [-0.15, -0.1) is 0 Å². The number of anilines is 1. The lowest BCUT2D eigenvalue weighted by atomic mass is 10.1. The molecule has 0 bridgehead atoms. The van der Waals surface area contributed by atoms with Gasteiger partial charge in [0, 0.05) is 22.5 Å². The molecule has 0 unspecified atom stereocenters. The van der Waals surface area contributed by atoms with Gasteiger partial charge in [0.15, 0.2) is 0 Å². The number of carbonyl (C=O) groups is 1. The van der Waals surface area contributed by atoms with Crippen LogP contribution in [0.5, 0.6) is 0 Å². The molecule has 3 rings (SSSR count). The highest BCUT2D eigenvalue weighted by molar-refractivity contribution is 6.33. The number of amides is 1. The molecule has 0 saturated carbocycles. The van der Waals surface area contributed by atoms with Crippen molar-refractivity contribution in [3.63, 3.8) is 0 Å². The van der Waals surface area contributed by atoms with Crippen molar-refractivity contribution in [2.24, 2.45) is 0 Å². The van der Waals surface area contributed by atoms with Crippen LogP contribution in [0.15, 0.2) is 61.1 Å². The standard InChI is InChI=1S/C18H11ClF3N3O/c19-15-7-2-1-6-13(15)16-14(9-23-10-24-16)17(26)25-12-5-3-4-11(8-12)18(20,21)22/h1-10H,(H,25,26). The fourth-order valence-electron chi connectivity index (χ4n) is 2.34. The van der Waals surface area contributed by atoms with Crippen molar-refractivity contribution in [3.8, 4) is 11.3 Å². The first-order chi connectivity index (χ1) is 12.4. The molecule has 2 aromatic carbocycles. The largest absolute Gasteiger partial charge is 0.416 e. The Hall–Kier alpha value is -2.93. The molecule has 132 valence electrons. The molecular weight excluding hydrogens is 367 g/mol. The number of hydrogen-bond acceptors (Lipinski definition) is 3. The number of hydrogen-bond donors (Lipinski definition) is 1. The Labute approximate surface area is 151 Å². The van der Waals surface area contributed by atoms with Crippen LogP contribution in [-0.4, -0.2) is 15.9 Å². The van der Waals surface area contributed by atoms with Crippen LogP contribution < -0.4 is 5.32 Å². The van der Waals surface area contributed by atoms with Crippen molar-refractivity contribution < 1.29 is 18.0 Å². The average molecular weight is 378 g/mol. The summed E-state index contributed by atoms with van der Waals surface area (Å²) in [5.74, 6) is -0.639. The number of aromatic nitrogens is 2. The van der Waals surface area contributed by atoms with Gasteiger partial charge >= 0.3 is 6.18 Å². The van der Waals surface area contributed by atoms with Gasteiger partial charge in [0.05, 0.1) is 16.8 Å². The normalized spacial score (nSPS) is 11.2. The molecule has 26 heavy (non-hydrogen) atoms. The first kappa shape index (κ1) is 17.9. The van der Waals surface area contributed by atoms with E-state index < -0.39 is 17.6 Å². The second-order valence-electron chi connectivity index (χ2n) is 5.30. The minimum absolute atomic E-state index is 0.0128. The quantitative estimate of drug-likeness (QED) is 0.693. The van der Waals surface area contributed by atoms with Crippen molar-refractivity contribution in [2.45, 2.75) is 6.18 Å². The number of carbonyl (C=O) groups excluding carboxylic acids is 1. The highest BCUT2D eigenvalue weighted by atomic mass is 35.5. The third-order valence-electron chi connectivity index (χ3n) is 3.53. The first-order valence-electron chi connectivity index (χ1n) is 7.40. The maximum absolute atomic E-state index is 12.8. The zero-order valence-corrected chi connectivity index (χ0v) is 13.8. The van der Waals surface area contributed by atoms with Crippen LogP contribution in [0.25, 0.3) is 11.3 Å². The van der Waals surface area contributed by atoms with Crippen LogP contribution in [-0.2, 0) is 6.18 Å². The van der Waals surface area contributed by atoms with E-state index in [2.05, 4.69) is 15.3 Å². The van der Waals surface area contributed by atoms with Crippen molar-refractivity contribution in [1.29, 1.82) is 0 Å². The van der Waals surface area contributed by atoms with Gasteiger partial charge in [-0.2, -0.15) is 13.2 Å². The molecular formula is C18H11ClF3N3O. The fourth-order valence-corrected chi connectivity index (χ4v) is 2.56. The second-order valence-corrected chi connectivity index (χ2v) is 5.70. The van der Waals surface area contributed by atoms with Gasteiger partial charge < -0.3 is 5.32 Å². The number of nitrogens with zero attached hydrogens (tertiary/aromatic N) is 2. The number of alkyl halides is 3. The zero-order chi connectivity index (χ0) is 18.7. The Morgan fingerprint density at radius 2 is 1.85 bits per heavy atom. The number of rotatable bonds is 3. The Morgan fingerprint density at radius 1 is 1.08 bits per heavy atom. The SMILES string of the molecule is O=C(Nc1cccc(C(F)(F)F)c1)c1cncnc1-c1ccccc1Cl. The molecule has 0 saturated heterocycles. The molecule has 0 fully saturated rings. The van der Waals surface area contributed by atoms with Crippen molar-refractivity contribution >= 4 is 23.2 Å². The van der Waals surface area contributed by atoms with E-state index in [4.69, 9.17) is 11.6 Å².